The average molecular weight is 483 g/mol. The second kappa shape index (κ2) is 8.90. The number of fused-ring (bicyclic) bond motifs is 1. The van der Waals surface area contributed by atoms with Crippen LogP contribution < -0.4 is 5.73 Å². The van der Waals surface area contributed by atoms with Gasteiger partial charge in [0.15, 0.2) is 5.82 Å². The highest BCUT2D eigenvalue weighted by Gasteiger charge is 2.41. The Morgan fingerprint density at radius 3 is 2.82 bits per heavy atom. The highest BCUT2D eigenvalue weighted by molar-refractivity contribution is 5.81. The Balaban J connectivity index is 1.73. The number of anilines is 1. The van der Waals surface area contributed by atoms with Gasteiger partial charge in [0.1, 0.15) is 24.2 Å². The maximum absolute atomic E-state index is 15.1. The Morgan fingerprint density at radius 1 is 1.38 bits per heavy atom. The number of carbonyl (C=O) groups excluding carboxylic acids is 1. The second-order valence-electron chi connectivity index (χ2n) is 8.77. The fourth-order valence-corrected chi connectivity index (χ4v) is 4.34. The molecule has 1 fully saturated rings. The van der Waals surface area contributed by atoms with E-state index in [1.807, 2.05) is 13.8 Å². The molecule has 3 atom stereocenters. The van der Waals surface area contributed by atoms with E-state index < -0.39 is 37.3 Å². The summed E-state index contributed by atoms with van der Waals surface area (Å²) in [5.74, 6) is -0.382. The van der Waals surface area contributed by atoms with Crippen LogP contribution in [0.2, 0.25) is 0 Å². The van der Waals surface area contributed by atoms with E-state index in [4.69, 9.17) is 11.8 Å². The van der Waals surface area contributed by atoms with E-state index in [1.165, 1.54) is 28.2 Å². The van der Waals surface area contributed by atoms with E-state index in [9.17, 15) is 18.0 Å². The summed E-state index contributed by atoms with van der Waals surface area (Å²) >= 11 is 0. The number of amides is 1. The number of ether oxygens (including phenoxy) is 1. The van der Waals surface area contributed by atoms with Crippen molar-refractivity contribution in [2.45, 2.75) is 44.9 Å². The summed E-state index contributed by atoms with van der Waals surface area (Å²) in [6.07, 6.45) is -1.07. The van der Waals surface area contributed by atoms with Gasteiger partial charge >= 0.3 is 6.18 Å². The van der Waals surface area contributed by atoms with Crippen molar-refractivity contribution in [2.24, 2.45) is 5.92 Å². The van der Waals surface area contributed by atoms with Crippen LogP contribution in [0.4, 0.5) is 23.4 Å². The minimum absolute atomic E-state index is 0.0770. The number of nitrogen functional groups attached to an aromatic ring is 1. The predicted octanol–water partition coefficient (Wildman–Crippen LogP) is 3.11. The predicted molar refractivity (Wildman–Crippen MR) is 117 cm³/mol. The minimum Gasteiger partial charge on any atom is -0.382 e. The number of carbonyl (C=O) groups is 1. The number of halogens is 4. The van der Waals surface area contributed by atoms with Crippen LogP contribution >= 0.6 is 0 Å². The number of nitrogens with zero attached hydrogens (tertiary/aromatic N) is 5. The van der Waals surface area contributed by atoms with Gasteiger partial charge in [0.25, 0.3) is 0 Å². The smallest absolute Gasteiger partial charge is 0.382 e. The third-order valence-corrected chi connectivity index (χ3v) is 5.92. The van der Waals surface area contributed by atoms with E-state index >= 15 is 4.39 Å². The lowest BCUT2D eigenvalue weighted by molar-refractivity contribution is -0.136. The second-order valence-corrected chi connectivity index (χ2v) is 8.77. The van der Waals surface area contributed by atoms with E-state index in [1.54, 1.807) is 0 Å². The summed E-state index contributed by atoms with van der Waals surface area (Å²) in [5.41, 5.74) is 4.74. The Morgan fingerprint density at radius 2 is 2.15 bits per heavy atom. The summed E-state index contributed by atoms with van der Waals surface area (Å²) in [6, 6.07) is 0.107. The minimum atomic E-state index is -4.70. The number of methoxy groups -OCH3 is 1. The van der Waals surface area contributed by atoms with Crippen molar-refractivity contribution >= 4 is 22.8 Å². The molecule has 2 N–H and O–H groups in total. The van der Waals surface area contributed by atoms with Crippen molar-refractivity contribution in [3.05, 3.63) is 42.0 Å². The van der Waals surface area contributed by atoms with Crippen LogP contribution in [-0.2, 0) is 15.7 Å². The molecular weight excluding hydrogens is 456 g/mol. The van der Waals surface area contributed by atoms with Crippen molar-refractivity contribution in [2.75, 3.05) is 25.9 Å². The van der Waals surface area contributed by atoms with Crippen molar-refractivity contribution in [3.8, 4) is 0 Å². The maximum atomic E-state index is 15.1. The van der Waals surface area contributed by atoms with Crippen molar-refractivity contribution in [3.63, 3.8) is 0 Å². The van der Waals surface area contributed by atoms with Crippen LogP contribution in [0, 0.1) is 5.92 Å². The van der Waals surface area contributed by atoms with E-state index in [-0.39, 0.29) is 48.4 Å². The van der Waals surface area contributed by atoms with Crippen LogP contribution in [0.15, 0.2) is 30.7 Å². The van der Waals surface area contributed by atoms with Gasteiger partial charge in [-0.25, -0.2) is 13.9 Å². The molecule has 2 aromatic heterocycles. The largest absolute Gasteiger partial charge is 0.418 e. The molecule has 1 unspecified atom stereocenters. The molecule has 2 aliphatic rings. The fraction of sp³-hybridized carbons (Fsp3) is 0.500. The summed E-state index contributed by atoms with van der Waals surface area (Å²) in [6.45, 7) is 3.78. The van der Waals surface area contributed by atoms with Gasteiger partial charge in [-0.2, -0.15) is 18.3 Å². The molecule has 0 bridgehead atoms. The first-order valence-electron chi connectivity index (χ1n) is 11.4. The number of alkyl halides is 4. The Kier molecular flexibility index (Phi) is 5.92. The lowest BCUT2D eigenvalue weighted by atomic mass is 10.1. The molecule has 1 saturated heterocycles. The zero-order chi connectivity index (χ0) is 25.5. The third kappa shape index (κ3) is 4.33. The van der Waals surface area contributed by atoms with Gasteiger partial charge < -0.3 is 20.3 Å². The standard InChI is InChI=1S/C22H26F4N6O2/c1-12(2)6-18(33)30-9-15(23)17(10-30)31-8-13(4-5-19(31)34-3)16-7-14(22(24,25)26)20-21(27)28-11-29-32(16)20/h4-5,7-8,11-12,15,17,19H,6,9-10H2,1-3H3,(H2,27,28,29)/t15-,17+,19?/m0/s1/i3D. The van der Waals surface area contributed by atoms with Crippen LogP contribution in [0.25, 0.3) is 11.1 Å². The van der Waals surface area contributed by atoms with Crippen LogP contribution in [0.1, 0.15) is 32.9 Å². The van der Waals surface area contributed by atoms with Gasteiger partial charge in [-0.3, -0.25) is 4.79 Å². The molecule has 4 rings (SSSR count). The summed E-state index contributed by atoms with van der Waals surface area (Å²) in [7, 11) is -0.412. The van der Waals surface area contributed by atoms with Gasteiger partial charge in [0.05, 0.1) is 25.2 Å². The first-order chi connectivity index (χ1) is 16.5. The Hall–Kier alpha value is -3.15. The first-order valence-corrected chi connectivity index (χ1v) is 10.7. The summed E-state index contributed by atoms with van der Waals surface area (Å²) < 4.78 is 70.2. The average Bonchev–Trinajstić information content (AvgIpc) is 3.36. The van der Waals surface area contributed by atoms with E-state index in [2.05, 4.69) is 10.1 Å². The number of likely N-dealkylation sites (tertiary alicyclic amines) is 1. The number of rotatable bonds is 5. The molecule has 2 aromatic rings. The number of aromatic nitrogens is 3. The number of hydrogen-bond acceptors (Lipinski definition) is 6. The summed E-state index contributed by atoms with van der Waals surface area (Å²) in [4.78, 5) is 19.1. The van der Waals surface area contributed by atoms with Gasteiger partial charge in [0.2, 0.25) is 5.91 Å². The molecule has 1 amide bonds. The number of hydrogen-bond donors (Lipinski definition) is 1. The van der Waals surface area contributed by atoms with E-state index in [0.717, 1.165) is 16.9 Å². The van der Waals surface area contributed by atoms with Crippen molar-refractivity contribution in [1.82, 2.24) is 24.4 Å². The van der Waals surface area contributed by atoms with Crippen LogP contribution in [0.3, 0.4) is 0 Å². The van der Waals surface area contributed by atoms with Gasteiger partial charge in [-0.05, 0) is 18.1 Å². The first kappa shape index (κ1) is 22.6. The van der Waals surface area contributed by atoms with Crippen LogP contribution in [0.5, 0.6) is 0 Å². The SMILES string of the molecule is [2H]COC1C=CC(c2cc(C(F)(F)F)c3c(N)ncnn23)=CN1[C@@H]1CN(C(=O)CC(C)C)C[C@@H]1F. The zero-order valence-corrected chi connectivity index (χ0v) is 18.7. The van der Waals surface area contributed by atoms with Gasteiger partial charge in [0, 0.05) is 31.8 Å². The Bertz CT molecular complexity index is 1160. The molecule has 0 aliphatic carbocycles. The monoisotopic (exact) mass is 483 g/mol. The van der Waals surface area contributed by atoms with Crippen molar-refractivity contribution < 1.29 is 28.5 Å². The summed E-state index contributed by atoms with van der Waals surface area (Å²) in [5, 5.41) is 3.95. The fourth-order valence-electron chi connectivity index (χ4n) is 4.34. The number of nitrogens with two attached hydrogens (primary N) is 1. The molecular formula is C22H26F4N6O2. The molecule has 8 nitrogen and oxygen atoms in total. The molecule has 184 valence electrons. The van der Waals surface area contributed by atoms with Gasteiger partial charge in [-0.1, -0.05) is 19.9 Å². The van der Waals surface area contributed by atoms with Gasteiger partial charge in [-0.15, -0.1) is 0 Å². The highest BCUT2D eigenvalue weighted by atomic mass is 19.4. The highest BCUT2D eigenvalue weighted by Crippen LogP contribution is 2.38. The lowest BCUT2D eigenvalue weighted by Gasteiger charge is -2.36. The normalized spacial score (nSPS) is 23.7. The molecule has 0 aromatic carbocycles. The number of allylic oxidation sites excluding steroid dienone is 2. The lowest BCUT2D eigenvalue weighted by Crippen LogP contribution is -2.46. The molecule has 0 spiro atoms. The zero-order valence-electron chi connectivity index (χ0n) is 19.7. The van der Waals surface area contributed by atoms with E-state index in [0.29, 0.717) is 5.57 Å². The van der Waals surface area contributed by atoms with Crippen LogP contribution in [-0.4, -0.2) is 68.9 Å². The topological polar surface area (TPSA) is 89.0 Å². The quantitative estimate of drug-likeness (QED) is 0.658. The molecule has 34 heavy (non-hydrogen) atoms. The third-order valence-electron chi connectivity index (χ3n) is 5.92. The van der Waals surface area contributed by atoms with Crippen molar-refractivity contribution in [1.29, 1.82) is 0 Å². The molecule has 0 saturated carbocycles. The molecule has 4 heterocycles. The molecule has 0 radical (unpaired) electrons. The maximum Gasteiger partial charge on any atom is 0.418 e. The Labute approximate surface area is 195 Å². The molecule has 12 heteroatoms. The molecule has 2 aliphatic heterocycles.